The zero-order valence-corrected chi connectivity index (χ0v) is 12.2. The molecule has 1 aromatic carbocycles. The third-order valence-corrected chi connectivity index (χ3v) is 3.90. The number of ether oxygens (including phenoxy) is 1. The third kappa shape index (κ3) is 3.98. The molecule has 1 atom stereocenters. The van der Waals surface area contributed by atoms with E-state index < -0.39 is 0 Å². The van der Waals surface area contributed by atoms with Crippen molar-refractivity contribution in [3.8, 4) is 0 Å². The van der Waals surface area contributed by atoms with Crippen molar-refractivity contribution in [2.75, 3.05) is 18.2 Å². The van der Waals surface area contributed by atoms with E-state index in [1.165, 1.54) is 0 Å². The van der Waals surface area contributed by atoms with E-state index in [4.69, 9.17) is 4.74 Å². The minimum Gasteiger partial charge on any atom is -0.462 e. The molecular weight excluding hydrogens is 276 g/mol. The summed E-state index contributed by atoms with van der Waals surface area (Å²) < 4.78 is 4.91. The second kappa shape index (κ2) is 7.31. The third-order valence-electron chi connectivity index (χ3n) is 2.96. The van der Waals surface area contributed by atoms with Crippen molar-refractivity contribution in [1.82, 2.24) is 10.6 Å². The molecule has 0 saturated carbocycles. The topological polar surface area (TPSA) is 67.4 Å². The monoisotopic (exact) mass is 294 g/mol. The standard InChI is InChI=1S/C14H18N2O3S/c1-2-19-14(18)11-5-3-10(4-6-11)7-15-13(17)12-8-20-9-16-12/h3-6,12,16H,2,7-9H2,1H3,(H,15,17). The maximum atomic E-state index is 11.8. The number of benzene rings is 1. The summed E-state index contributed by atoms with van der Waals surface area (Å²) in [6.45, 7) is 2.60. The van der Waals surface area contributed by atoms with Gasteiger partial charge in [0.2, 0.25) is 5.91 Å². The molecule has 6 heteroatoms. The molecule has 1 aromatic rings. The number of hydrogen-bond acceptors (Lipinski definition) is 5. The van der Waals surface area contributed by atoms with Crippen LogP contribution in [-0.4, -0.2) is 36.2 Å². The number of hydrogen-bond donors (Lipinski definition) is 2. The van der Waals surface area contributed by atoms with Gasteiger partial charge in [-0.2, -0.15) is 0 Å². The predicted molar refractivity (Wildman–Crippen MR) is 78.5 cm³/mol. The SMILES string of the molecule is CCOC(=O)c1ccc(CNC(=O)C2CSCN2)cc1. The molecule has 1 fully saturated rings. The van der Waals surface area contributed by atoms with Crippen LogP contribution in [0.3, 0.4) is 0 Å². The average Bonchev–Trinajstić information content (AvgIpc) is 3.00. The fourth-order valence-electron chi connectivity index (χ4n) is 1.85. The van der Waals surface area contributed by atoms with Crippen LogP contribution in [-0.2, 0) is 16.1 Å². The van der Waals surface area contributed by atoms with Gasteiger partial charge in [0.15, 0.2) is 0 Å². The predicted octanol–water partition coefficient (Wildman–Crippen LogP) is 1.14. The lowest BCUT2D eigenvalue weighted by atomic mass is 10.1. The second-order valence-electron chi connectivity index (χ2n) is 4.41. The molecule has 1 saturated heterocycles. The van der Waals surface area contributed by atoms with E-state index in [2.05, 4.69) is 10.6 Å². The van der Waals surface area contributed by atoms with E-state index in [1.54, 1.807) is 30.8 Å². The van der Waals surface area contributed by atoms with E-state index in [0.29, 0.717) is 18.7 Å². The average molecular weight is 294 g/mol. The molecule has 1 unspecified atom stereocenters. The summed E-state index contributed by atoms with van der Waals surface area (Å²) in [5.41, 5.74) is 1.48. The molecule has 2 rings (SSSR count). The van der Waals surface area contributed by atoms with Crippen molar-refractivity contribution in [2.24, 2.45) is 0 Å². The van der Waals surface area contributed by atoms with Gasteiger partial charge in [-0.15, -0.1) is 11.8 Å². The first-order chi connectivity index (χ1) is 9.70. The Morgan fingerprint density at radius 1 is 1.40 bits per heavy atom. The van der Waals surface area contributed by atoms with Crippen LogP contribution in [0, 0.1) is 0 Å². The summed E-state index contributed by atoms with van der Waals surface area (Å²) in [5, 5.41) is 6.00. The fourth-order valence-corrected chi connectivity index (χ4v) is 2.79. The maximum absolute atomic E-state index is 11.8. The lowest BCUT2D eigenvalue weighted by Crippen LogP contribution is -2.41. The minimum absolute atomic E-state index is 0.0180. The van der Waals surface area contributed by atoms with E-state index in [9.17, 15) is 9.59 Å². The first-order valence-corrected chi connectivity index (χ1v) is 7.71. The highest BCUT2D eigenvalue weighted by Crippen LogP contribution is 2.10. The molecule has 0 bridgehead atoms. The Morgan fingerprint density at radius 2 is 2.15 bits per heavy atom. The summed E-state index contributed by atoms with van der Waals surface area (Å²) in [4.78, 5) is 23.3. The van der Waals surface area contributed by atoms with Crippen LogP contribution < -0.4 is 10.6 Å². The van der Waals surface area contributed by atoms with Crippen LogP contribution in [0.1, 0.15) is 22.8 Å². The van der Waals surface area contributed by atoms with Crippen molar-refractivity contribution in [2.45, 2.75) is 19.5 Å². The van der Waals surface area contributed by atoms with E-state index in [1.807, 2.05) is 12.1 Å². The number of thioether (sulfide) groups is 1. The highest BCUT2D eigenvalue weighted by atomic mass is 32.2. The van der Waals surface area contributed by atoms with Crippen LogP contribution in [0.5, 0.6) is 0 Å². The van der Waals surface area contributed by atoms with E-state index >= 15 is 0 Å². The number of rotatable bonds is 5. The van der Waals surface area contributed by atoms with Crippen LogP contribution in [0.25, 0.3) is 0 Å². The smallest absolute Gasteiger partial charge is 0.338 e. The number of carbonyl (C=O) groups excluding carboxylic acids is 2. The molecule has 1 aliphatic rings. The van der Waals surface area contributed by atoms with Gasteiger partial charge >= 0.3 is 5.97 Å². The van der Waals surface area contributed by atoms with E-state index in [0.717, 1.165) is 17.2 Å². The summed E-state index contributed by atoms with van der Waals surface area (Å²) in [7, 11) is 0. The van der Waals surface area contributed by atoms with Crippen LogP contribution in [0.15, 0.2) is 24.3 Å². The van der Waals surface area contributed by atoms with Crippen molar-refractivity contribution in [3.05, 3.63) is 35.4 Å². The normalized spacial score (nSPS) is 17.8. The Kier molecular flexibility index (Phi) is 5.43. The van der Waals surface area contributed by atoms with Gasteiger partial charge < -0.3 is 10.1 Å². The van der Waals surface area contributed by atoms with Crippen LogP contribution in [0.2, 0.25) is 0 Å². The van der Waals surface area contributed by atoms with Gasteiger partial charge in [-0.3, -0.25) is 10.1 Å². The first-order valence-electron chi connectivity index (χ1n) is 6.55. The molecule has 0 aliphatic carbocycles. The van der Waals surface area contributed by atoms with Gasteiger partial charge in [-0.05, 0) is 24.6 Å². The molecular formula is C14H18N2O3S. The quantitative estimate of drug-likeness (QED) is 0.797. The zero-order valence-electron chi connectivity index (χ0n) is 11.3. The largest absolute Gasteiger partial charge is 0.462 e. The van der Waals surface area contributed by atoms with Gasteiger partial charge in [0, 0.05) is 18.2 Å². The van der Waals surface area contributed by atoms with E-state index in [-0.39, 0.29) is 17.9 Å². The highest BCUT2D eigenvalue weighted by molar-refractivity contribution is 7.99. The number of carbonyl (C=O) groups is 2. The van der Waals surface area contributed by atoms with Gasteiger partial charge in [0.05, 0.1) is 18.2 Å². The molecule has 1 amide bonds. The van der Waals surface area contributed by atoms with Crippen molar-refractivity contribution >= 4 is 23.6 Å². The molecule has 0 aromatic heterocycles. The van der Waals surface area contributed by atoms with Crippen molar-refractivity contribution < 1.29 is 14.3 Å². The van der Waals surface area contributed by atoms with Gasteiger partial charge in [-0.25, -0.2) is 4.79 Å². The zero-order chi connectivity index (χ0) is 14.4. The Morgan fingerprint density at radius 3 is 2.75 bits per heavy atom. The molecule has 0 spiro atoms. The van der Waals surface area contributed by atoms with Crippen molar-refractivity contribution in [1.29, 1.82) is 0 Å². The van der Waals surface area contributed by atoms with Gasteiger partial charge in [-0.1, -0.05) is 12.1 Å². The Hall–Kier alpha value is -1.53. The highest BCUT2D eigenvalue weighted by Gasteiger charge is 2.21. The summed E-state index contributed by atoms with van der Waals surface area (Å²) >= 11 is 1.72. The summed E-state index contributed by atoms with van der Waals surface area (Å²) in [5.74, 6) is 1.33. The van der Waals surface area contributed by atoms with Crippen molar-refractivity contribution in [3.63, 3.8) is 0 Å². The molecule has 0 radical (unpaired) electrons. The first kappa shape index (κ1) is 14.9. The molecule has 1 heterocycles. The summed E-state index contributed by atoms with van der Waals surface area (Å²) in [6.07, 6.45) is 0. The lowest BCUT2D eigenvalue weighted by Gasteiger charge is -2.10. The number of nitrogens with one attached hydrogen (secondary N) is 2. The summed E-state index contributed by atoms with van der Waals surface area (Å²) in [6, 6.07) is 6.97. The van der Waals surface area contributed by atoms with Crippen LogP contribution in [0.4, 0.5) is 0 Å². The Balaban J connectivity index is 1.84. The van der Waals surface area contributed by atoms with Crippen LogP contribution >= 0.6 is 11.8 Å². The van der Waals surface area contributed by atoms with Gasteiger partial charge in [0.25, 0.3) is 0 Å². The molecule has 5 nitrogen and oxygen atoms in total. The maximum Gasteiger partial charge on any atom is 0.338 e. The Labute approximate surface area is 122 Å². The minimum atomic E-state index is -0.324. The molecule has 20 heavy (non-hydrogen) atoms. The fraction of sp³-hybridized carbons (Fsp3) is 0.429. The Bertz CT molecular complexity index is 470. The molecule has 1 aliphatic heterocycles. The lowest BCUT2D eigenvalue weighted by molar-refractivity contribution is -0.122. The molecule has 2 N–H and O–H groups in total. The second-order valence-corrected chi connectivity index (χ2v) is 5.44. The molecule has 108 valence electrons. The van der Waals surface area contributed by atoms with Gasteiger partial charge in [0.1, 0.15) is 0 Å². The number of amides is 1. The number of esters is 1.